The van der Waals surface area contributed by atoms with Crippen molar-refractivity contribution in [1.29, 1.82) is 0 Å². The molecule has 2 atom stereocenters. The van der Waals surface area contributed by atoms with E-state index >= 15 is 0 Å². The van der Waals surface area contributed by atoms with Crippen LogP contribution < -0.4 is 14.4 Å². The summed E-state index contributed by atoms with van der Waals surface area (Å²) in [4.78, 5) is 12.5. The lowest BCUT2D eigenvalue weighted by Gasteiger charge is -2.35. The van der Waals surface area contributed by atoms with E-state index in [9.17, 15) is 9.46 Å². The summed E-state index contributed by atoms with van der Waals surface area (Å²) in [5, 5.41) is 0. The summed E-state index contributed by atoms with van der Waals surface area (Å²) in [5.41, 5.74) is 3.96. The van der Waals surface area contributed by atoms with E-state index < -0.39 is 7.37 Å². The summed E-state index contributed by atoms with van der Waals surface area (Å²) in [5.74, 6) is 2.30. The van der Waals surface area contributed by atoms with Gasteiger partial charge in [-0.1, -0.05) is 45.9 Å². The number of benzene rings is 2. The van der Waals surface area contributed by atoms with Crippen LogP contribution in [-0.4, -0.2) is 44.0 Å². The highest BCUT2D eigenvalue weighted by molar-refractivity contribution is 7.57. The van der Waals surface area contributed by atoms with Crippen LogP contribution in [-0.2, 0) is 17.4 Å². The summed E-state index contributed by atoms with van der Waals surface area (Å²) in [6.07, 6.45) is 7.00. The van der Waals surface area contributed by atoms with Gasteiger partial charge in [0.25, 0.3) is 0 Å². The van der Waals surface area contributed by atoms with Crippen molar-refractivity contribution >= 4 is 13.1 Å². The molecule has 1 saturated heterocycles. The Morgan fingerprint density at radius 2 is 1.84 bits per heavy atom. The summed E-state index contributed by atoms with van der Waals surface area (Å²) >= 11 is 0. The van der Waals surface area contributed by atoms with E-state index in [0.29, 0.717) is 30.8 Å². The fraction of sp³-hybridized carbons (Fsp3) is 0.613. The van der Waals surface area contributed by atoms with Crippen molar-refractivity contribution in [3.05, 3.63) is 53.6 Å². The zero-order valence-corrected chi connectivity index (χ0v) is 24.7. The van der Waals surface area contributed by atoms with Crippen LogP contribution in [0.5, 0.6) is 11.5 Å². The molecule has 0 amide bonds. The number of aryl methyl sites for hydroxylation is 1. The Hall–Kier alpha value is -1.97. The average Bonchev–Trinajstić information content (AvgIpc) is 2.85. The minimum atomic E-state index is -3.10. The number of hydrogen-bond acceptors (Lipinski definition) is 4. The maximum Gasteiger partial charge on any atom is 0.200 e. The molecule has 5 nitrogen and oxygen atoms in total. The van der Waals surface area contributed by atoms with Gasteiger partial charge < -0.3 is 19.3 Å². The van der Waals surface area contributed by atoms with E-state index in [1.807, 2.05) is 31.2 Å². The molecule has 37 heavy (non-hydrogen) atoms. The molecular formula is C31H48NO4P. The maximum absolute atomic E-state index is 12.2. The monoisotopic (exact) mass is 529 g/mol. The number of nitrogens with zero attached hydrogens (tertiary/aromatic N) is 1. The molecule has 0 aromatic heterocycles. The van der Waals surface area contributed by atoms with Gasteiger partial charge in [-0.3, -0.25) is 4.57 Å². The van der Waals surface area contributed by atoms with E-state index in [-0.39, 0.29) is 5.66 Å². The molecule has 206 valence electrons. The Bertz CT molecular complexity index is 1030. The fourth-order valence-corrected chi connectivity index (χ4v) is 6.45. The van der Waals surface area contributed by atoms with Gasteiger partial charge in [-0.05, 0) is 85.6 Å². The molecule has 0 saturated carbocycles. The van der Waals surface area contributed by atoms with Crippen molar-refractivity contribution in [2.75, 3.05) is 38.4 Å². The first-order chi connectivity index (χ1) is 17.5. The van der Waals surface area contributed by atoms with Crippen molar-refractivity contribution in [2.45, 2.75) is 78.3 Å². The van der Waals surface area contributed by atoms with Crippen LogP contribution in [0.2, 0.25) is 0 Å². The highest BCUT2D eigenvalue weighted by Gasteiger charge is 2.25. The molecule has 3 rings (SSSR count). The van der Waals surface area contributed by atoms with Crippen LogP contribution in [0.25, 0.3) is 0 Å². The molecule has 0 spiro atoms. The number of methoxy groups -OCH3 is 1. The molecule has 2 aromatic carbocycles. The van der Waals surface area contributed by atoms with Crippen LogP contribution >= 0.6 is 7.37 Å². The van der Waals surface area contributed by atoms with Crippen LogP contribution in [0.4, 0.5) is 5.69 Å². The number of ether oxygens (including phenoxy) is 2. The zero-order chi connectivity index (χ0) is 27.1. The van der Waals surface area contributed by atoms with Gasteiger partial charge in [0, 0.05) is 37.2 Å². The third kappa shape index (κ3) is 9.37. The summed E-state index contributed by atoms with van der Waals surface area (Å²) in [6, 6.07) is 14.6. The first-order valence-corrected chi connectivity index (χ1v) is 16.1. The van der Waals surface area contributed by atoms with E-state index in [1.54, 1.807) is 7.11 Å². The van der Waals surface area contributed by atoms with Crippen LogP contribution in [0.1, 0.15) is 70.9 Å². The highest BCUT2D eigenvalue weighted by atomic mass is 31.2. The minimum absolute atomic E-state index is 0.206. The Morgan fingerprint density at radius 3 is 2.46 bits per heavy atom. The lowest BCUT2D eigenvalue weighted by molar-refractivity contribution is 0.222. The predicted octanol–water partition coefficient (Wildman–Crippen LogP) is 7.58. The van der Waals surface area contributed by atoms with Gasteiger partial charge in [-0.2, -0.15) is 0 Å². The maximum atomic E-state index is 12.2. The summed E-state index contributed by atoms with van der Waals surface area (Å²) in [6.45, 7) is 13.1. The molecule has 1 heterocycles. The molecule has 0 radical (unpaired) electrons. The lowest BCUT2D eigenvalue weighted by atomic mass is 9.88. The van der Waals surface area contributed by atoms with Gasteiger partial charge in [0.05, 0.1) is 13.7 Å². The normalized spacial score (nSPS) is 17.3. The molecule has 1 aliphatic rings. The number of hydrogen-bond donors (Lipinski definition) is 1. The molecule has 1 unspecified atom stereocenters. The third-order valence-electron chi connectivity index (χ3n) is 7.62. The van der Waals surface area contributed by atoms with Gasteiger partial charge in [-0.15, -0.1) is 0 Å². The van der Waals surface area contributed by atoms with Gasteiger partial charge in [0.15, 0.2) is 0 Å². The first-order valence-electron chi connectivity index (χ1n) is 13.9. The Labute approximate surface area is 225 Å². The standard InChI is InChI=1S/C31H48NO4P/c1-7-29(37(6,33)34)21-25-10-8-12-28(20-25)36-23-24-15-18-32(19-16-24)30-22-27(35-5)14-13-26(30)11-9-17-31(2,3)4/h8,10,12-14,20,22,24,29H,7,9,11,15-19,21,23H2,1-6H3,(H,33,34)/t29-/m1/s1. The van der Waals surface area contributed by atoms with Crippen LogP contribution in [0.15, 0.2) is 42.5 Å². The van der Waals surface area contributed by atoms with Crippen LogP contribution in [0, 0.1) is 11.3 Å². The topological polar surface area (TPSA) is 59.0 Å². The third-order valence-corrected chi connectivity index (χ3v) is 9.53. The van der Waals surface area contributed by atoms with Gasteiger partial charge in [0.2, 0.25) is 7.37 Å². The second kappa shape index (κ2) is 13.2. The zero-order valence-electron chi connectivity index (χ0n) is 23.8. The second-order valence-corrected chi connectivity index (χ2v) is 14.6. The van der Waals surface area contributed by atoms with Crippen molar-refractivity contribution in [3.63, 3.8) is 0 Å². The molecule has 6 heteroatoms. The molecule has 2 aromatic rings. The number of piperidine rings is 1. The van der Waals surface area contributed by atoms with Crippen LogP contribution in [0.3, 0.4) is 0 Å². The summed E-state index contributed by atoms with van der Waals surface area (Å²) in [7, 11) is -1.36. The minimum Gasteiger partial charge on any atom is -0.497 e. The second-order valence-electron chi connectivity index (χ2n) is 12.0. The first kappa shape index (κ1) is 29.6. The van der Waals surface area contributed by atoms with E-state index in [2.05, 4.69) is 43.9 Å². The van der Waals surface area contributed by atoms with Gasteiger partial charge in [-0.25, -0.2) is 0 Å². The summed E-state index contributed by atoms with van der Waals surface area (Å²) < 4.78 is 23.9. The smallest absolute Gasteiger partial charge is 0.200 e. The fourth-order valence-electron chi connectivity index (χ4n) is 5.23. The Balaban J connectivity index is 1.55. The average molecular weight is 530 g/mol. The van der Waals surface area contributed by atoms with E-state index in [4.69, 9.17) is 9.47 Å². The number of rotatable bonds is 12. The molecule has 1 aliphatic heterocycles. The lowest BCUT2D eigenvalue weighted by Crippen LogP contribution is -2.36. The highest BCUT2D eigenvalue weighted by Crippen LogP contribution is 2.45. The SMILES string of the molecule is CC[C@H](Cc1cccc(OCC2CCN(c3cc(OC)ccc3CCCC(C)(C)C)CC2)c1)P(C)(=O)O. The van der Waals surface area contributed by atoms with Crippen molar-refractivity contribution in [2.24, 2.45) is 11.3 Å². The quantitative estimate of drug-likeness (QED) is 0.287. The number of anilines is 1. The van der Waals surface area contributed by atoms with E-state index in [1.165, 1.54) is 30.8 Å². The predicted molar refractivity (Wildman–Crippen MR) is 156 cm³/mol. The molecular weight excluding hydrogens is 481 g/mol. The molecule has 1 N–H and O–H groups in total. The Kier molecular flexibility index (Phi) is 10.6. The van der Waals surface area contributed by atoms with Gasteiger partial charge in [0.1, 0.15) is 11.5 Å². The largest absolute Gasteiger partial charge is 0.497 e. The van der Waals surface area contributed by atoms with E-state index in [0.717, 1.165) is 49.4 Å². The molecule has 0 bridgehead atoms. The molecule has 1 fully saturated rings. The van der Waals surface area contributed by atoms with Gasteiger partial charge >= 0.3 is 0 Å². The van der Waals surface area contributed by atoms with Crippen molar-refractivity contribution in [3.8, 4) is 11.5 Å². The molecule has 0 aliphatic carbocycles. The van der Waals surface area contributed by atoms with Crippen molar-refractivity contribution in [1.82, 2.24) is 0 Å². The van der Waals surface area contributed by atoms with Crippen molar-refractivity contribution < 1.29 is 18.9 Å². The Morgan fingerprint density at radius 1 is 1.11 bits per heavy atom.